The lowest BCUT2D eigenvalue weighted by Gasteiger charge is -2.08. The van der Waals surface area contributed by atoms with Gasteiger partial charge >= 0.3 is 0 Å². The zero-order chi connectivity index (χ0) is 16.4. The average Bonchev–Trinajstić information content (AvgIpc) is 2.94. The molecular weight excluding hydrogens is 310 g/mol. The second-order valence-electron chi connectivity index (χ2n) is 5.64. The molecule has 1 amide bonds. The van der Waals surface area contributed by atoms with Gasteiger partial charge in [0.2, 0.25) is 5.91 Å². The summed E-state index contributed by atoms with van der Waals surface area (Å²) in [6.45, 7) is 4.60. The molecule has 0 unspecified atom stereocenters. The Labute approximate surface area is 140 Å². The van der Waals surface area contributed by atoms with Crippen molar-refractivity contribution in [2.24, 2.45) is 0 Å². The third-order valence-electron chi connectivity index (χ3n) is 3.98. The zero-order valence-electron chi connectivity index (χ0n) is 13.1. The fourth-order valence-corrected chi connectivity index (χ4v) is 2.71. The Bertz CT molecular complexity index is 870. The van der Waals surface area contributed by atoms with Gasteiger partial charge in [0.05, 0.1) is 23.3 Å². The first kappa shape index (κ1) is 15.6. The number of amides is 1. The number of rotatable bonds is 4. The molecule has 0 bridgehead atoms. The van der Waals surface area contributed by atoms with Crippen LogP contribution >= 0.6 is 11.6 Å². The van der Waals surface area contributed by atoms with E-state index in [2.05, 4.69) is 17.3 Å². The molecule has 3 rings (SSSR count). The summed E-state index contributed by atoms with van der Waals surface area (Å²) in [5.74, 6) is -0.0288. The van der Waals surface area contributed by atoms with Crippen LogP contribution in [0.2, 0.25) is 5.02 Å². The number of hydrogen-bond acceptors (Lipinski definition) is 2. The van der Waals surface area contributed by atoms with Gasteiger partial charge in [-0.2, -0.15) is 5.10 Å². The second kappa shape index (κ2) is 6.42. The number of benzene rings is 2. The topological polar surface area (TPSA) is 46.9 Å². The number of carbonyl (C=O) groups is 1. The van der Waals surface area contributed by atoms with Crippen LogP contribution in [0.25, 0.3) is 10.9 Å². The maximum Gasteiger partial charge on any atom is 0.226 e. The molecule has 0 spiro atoms. The highest BCUT2D eigenvalue weighted by Crippen LogP contribution is 2.23. The van der Waals surface area contributed by atoms with Crippen molar-refractivity contribution < 1.29 is 4.79 Å². The van der Waals surface area contributed by atoms with Crippen molar-refractivity contribution in [2.75, 3.05) is 5.32 Å². The minimum absolute atomic E-state index is 0.0288. The van der Waals surface area contributed by atoms with Crippen LogP contribution in [0.15, 0.2) is 42.6 Å². The number of hydrogen-bond donors (Lipinski definition) is 1. The van der Waals surface area contributed by atoms with Gasteiger partial charge in [-0.1, -0.05) is 23.7 Å². The van der Waals surface area contributed by atoms with Crippen molar-refractivity contribution in [3.05, 3.63) is 58.7 Å². The molecule has 5 heteroatoms. The van der Waals surface area contributed by atoms with Crippen LogP contribution in [0.3, 0.4) is 0 Å². The first-order valence-corrected chi connectivity index (χ1v) is 7.89. The van der Waals surface area contributed by atoms with Gasteiger partial charge in [0.1, 0.15) is 0 Å². The number of aromatic nitrogens is 2. The van der Waals surface area contributed by atoms with E-state index in [0.717, 1.165) is 22.2 Å². The molecule has 0 radical (unpaired) electrons. The van der Waals surface area contributed by atoms with Crippen LogP contribution in [-0.4, -0.2) is 15.7 Å². The van der Waals surface area contributed by atoms with E-state index >= 15 is 0 Å². The number of carbonyl (C=O) groups excluding carboxylic acids is 1. The monoisotopic (exact) mass is 327 g/mol. The quantitative estimate of drug-likeness (QED) is 0.775. The number of anilines is 1. The van der Waals surface area contributed by atoms with Gasteiger partial charge in [0.15, 0.2) is 0 Å². The second-order valence-corrected chi connectivity index (χ2v) is 6.04. The summed E-state index contributed by atoms with van der Waals surface area (Å²) in [6, 6.07) is 11.6. The smallest absolute Gasteiger partial charge is 0.226 e. The van der Waals surface area contributed by atoms with E-state index < -0.39 is 0 Å². The molecule has 2 aromatic carbocycles. The standard InChI is InChI=1S/C18H18ClN3O/c1-12-6-7-14(10-13(12)2)21-18(23)8-9-22-17-5-3-4-16(19)15(17)11-20-22/h3-7,10-11H,8-9H2,1-2H3,(H,21,23). The van der Waals surface area contributed by atoms with Gasteiger partial charge < -0.3 is 5.32 Å². The van der Waals surface area contributed by atoms with E-state index in [0.29, 0.717) is 18.0 Å². The third-order valence-corrected chi connectivity index (χ3v) is 4.31. The molecule has 118 valence electrons. The van der Waals surface area contributed by atoms with Crippen LogP contribution < -0.4 is 5.32 Å². The van der Waals surface area contributed by atoms with Gasteiger partial charge in [0.25, 0.3) is 0 Å². The van der Waals surface area contributed by atoms with Gasteiger partial charge in [-0.3, -0.25) is 9.48 Å². The summed E-state index contributed by atoms with van der Waals surface area (Å²) < 4.78 is 1.81. The lowest BCUT2D eigenvalue weighted by Crippen LogP contribution is -2.15. The highest BCUT2D eigenvalue weighted by molar-refractivity contribution is 6.35. The molecule has 23 heavy (non-hydrogen) atoms. The molecule has 4 nitrogen and oxygen atoms in total. The number of halogens is 1. The van der Waals surface area contributed by atoms with Crippen LogP contribution in [-0.2, 0) is 11.3 Å². The summed E-state index contributed by atoms with van der Waals surface area (Å²) in [4.78, 5) is 12.1. The van der Waals surface area contributed by atoms with Crippen molar-refractivity contribution in [3.8, 4) is 0 Å². The fourth-order valence-electron chi connectivity index (χ4n) is 2.50. The molecule has 0 atom stereocenters. The predicted molar refractivity (Wildman–Crippen MR) is 93.9 cm³/mol. The van der Waals surface area contributed by atoms with Crippen LogP contribution in [0.5, 0.6) is 0 Å². The summed E-state index contributed by atoms with van der Waals surface area (Å²) in [7, 11) is 0. The largest absolute Gasteiger partial charge is 0.326 e. The zero-order valence-corrected chi connectivity index (χ0v) is 13.9. The molecule has 0 aliphatic carbocycles. The molecule has 0 aliphatic heterocycles. The number of nitrogens with zero attached hydrogens (tertiary/aromatic N) is 2. The highest BCUT2D eigenvalue weighted by Gasteiger charge is 2.08. The number of aryl methyl sites for hydroxylation is 3. The third kappa shape index (κ3) is 3.37. The van der Waals surface area contributed by atoms with E-state index in [1.165, 1.54) is 5.56 Å². The predicted octanol–water partition coefficient (Wildman–Crippen LogP) is 4.34. The van der Waals surface area contributed by atoms with E-state index in [1.807, 2.05) is 43.3 Å². The maximum absolute atomic E-state index is 12.1. The van der Waals surface area contributed by atoms with Crippen LogP contribution in [0, 0.1) is 13.8 Å². The molecule has 0 aliphatic rings. The fraction of sp³-hybridized carbons (Fsp3) is 0.222. The Morgan fingerprint density at radius 3 is 2.83 bits per heavy atom. The SMILES string of the molecule is Cc1ccc(NC(=O)CCn2ncc3c(Cl)cccc32)cc1C. The normalized spacial score (nSPS) is 10.9. The Balaban J connectivity index is 1.66. The lowest BCUT2D eigenvalue weighted by atomic mass is 10.1. The van der Waals surface area contributed by atoms with E-state index in [1.54, 1.807) is 10.9 Å². The van der Waals surface area contributed by atoms with Crippen molar-refractivity contribution in [1.29, 1.82) is 0 Å². The minimum Gasteiger partial charge on any atom is -0.326 e. The molecule has 1 N–H and O–H groups in total. The van der Waals surface area contributed by atoms with Gasteiger partial charge in [-0.05, 0) is 49.2 Å². The summed E-state index contributed by atoms with van der Waals surface area (Å²) >= 11 is 6.14. The van der Waals surface area contributed by atoms with Crippen LogP contribution in [0.1, 0.15) is 17.5 Å². The maximum atomic E-state index is 12.1. The molecule has 1 heterocycles. The Morgan fingerprint density at radius 1 is 1.22 bits per heavy atom. The van der Waals surface area contributed by atoms with E-state index in [4.69, 9.17) is 11.6 Å². The molecule has 0 fully saturated rings. The average molecular weight is 328 g/mol. The first-order valence-electron chi connectivity index (χ1n) is 7.52. The van der Waals surface area contributed by atoms with Crippen molar-refractivity contribution in [3.63, 3.8) is 0 Å². The van der Waals surface area contributed by atoms with Gasteiger partial charge in [-0.15, -0.1) is 0 Å². The molecule has 1 aromatic heterocycles. The Kier molecular flexibility index (Phi) is 4.35. The van der Waals surface area contributed by atoms with Gasteiger partial charge in [-0.25, -0.2) is 0 Å². The Morgan fingerprint density at radius 2 is 2.04 bits per heavy atom. The highest BCUT2D eigenvalue weighted by atomic mass is 35.5. The van der Waals surface area contributed by atoms with Crippen molar-refractivity contribution in [1.82, 2.24) is 9.78 Å². The van der Waals surface area contributed by atoms with Gasteiger partial charge in [0, 0.05) is 17.5 Å². The minimum atomic E-state index is -0.0288. The number of nitrogens with one attached hydrogen (secondary N) is 1. The van der Waals surface area contributed by atoms with Crippen LogP contribution in [0.4, 0.5) is 5.69 Å². The summed E-state index contributed by atoms with van der Waals surface area (Å²) in [5.41, 5.74) is 4.14. The molecule has 0 saturated heterocycles. The van der Waals surface area contributed by atoms with Crippen molar-refractivity contribution in [2.45, 2.75) is 26.8 Å². The summed E-state index contributed by atoms with van der Waals surface area (Å²) in [6.07, 6.45) is 2.09. The lowest BCUT2D eigenvalue weighted by molar-refractivity contribution is -0.116. The molecule has 0 saturated carbocycles. The number of fused-ring (bicyclic) bond motifs is 1. The summed E-state index contributed by atoms with van der Waals surface area (Å²) in [5, 5.41) is 8.82. The molecular formula is C18H18ClN3O. The molecule has 3 aromatic rings. The van der Waals surface area contributed by atoms with E-state index in [-0.39, 0.29) is 5.91 Å². The van der Waals surface area contributed by atoms with E-state index in [9.17, 15) is 4.79 Å². The first-order chi connectivity index (χ1) is 11.0. The van der Waals surface area contributed by atoms with Crippen molar-refractivity contribution >= 4 is 34.1 Å². The Hall–Kier alpha value is -2.33.